The van der Waals surface area contributed by atoms with Gasteiger partial charge in [0.05, 0.1) is 0 Å². The molecule has 0 aliphatic heterocycles. The van der Waals surface area contributed by atoms with Crippen LogP contribution in [0.3, 0.4) is 0 Å². The van der Waals surface area contributed by atoms with Crippen LogP contribution in [0.25, 0.3) is 11.1 Å². The Hall–Kier alpha value is -2.38. The van der Waals surface area contributed by atoms with Crippen molar-refractivity contribution < 1.29 is 5.11 Å². The second kappa shape index (κ2) is 14.1. The average Bonchev–Trinajstić information content (AvgIpc) is 2.89. The predicted molar refractivity (Wildman–Crippen MR) is 148 cm³/mol. The summed E-state index contributed by atoms with van der Waals surface area (Å²) in [5, 5.41) is 9.00. The monoisotopic (exact) mass is 456 g/mol. The van der Waals surface area contributed by atoms with Crippen LogP contribution in [0, 0.1) is 0 Å². The summed E-state index contributed by atoms with van der Waals surface area (Å²) < 4.78 is 0. The first-order chi connectivity index (χ1) is 16.7. The van der Waals surface area contributed by atoms with E-state index in [9.17, 15) is 0 Å². The van der Waals surface area contributed by atoms with E-state index in [2.05, 4.69) is 81.4 Å². The van der Waals surface area contributed by atoms with Crippen molar-refractivity contribution in [2.24, 2.45) is 0 Å². The van der Waals surface area contributed by atoms with Crippen LogP contribution >= 0.6 is 0 Å². The number of aliphatic hydroxyl groups excluding tert-OH is 1. The second-order valence-corrected chi connectivity index (χ2v) is 9.64. The highest BCUT2D eigenvalue weighted by Crippen LogP contribution is 2.30. The highest BCUT2D eigenvalue weighted by Gasteiger charge is 2.10. The summed E-state index contributed by atoms with van der Waals surface area (Å²) in [4.78, 5) is 0. The van der Waals surface area contributed by atoms with Crippen molar-refractivity contribution in [3.63, 3.8) is 0 Å². The molecule has 1 heteroatoms. The highest BCUT2D eigenvalue weighted by molar-refractivity contribution is 5.71. The summed E-state index contributed by atoms with van der Waals surface area (Å²) in [7, 11) is 0. The van der Waals surface area contributed by atoms with Crippen LogP contribution in [0.1, 0.15) is 86.3 Å². The molecule has 0 aromatic heterocycles. The fourth-order valence-electron chi connectivity index (χ4n) is 4.88. The lowest BCUT2D eigenvalue weighted by Gasteiger charge is -2.16. The molecule has 1 nitrogen and oxygen atoms in total. The Bertz CT molecular complexity index is 1000. The Labute approximate surface area is 208 Å². The van der Waals surface area contributed by atoms with Crippen LogP contribution in [0.15, 0.2) is 60.7 Å². The molecule has 0 unspecified atom stereocenters. The molecule has 1 N–H and O–H groups in total. The molecule has 3 aromatic carbocycles. The topological polar surface area (TPSA) is 20.2 Å². The first-order valence-corrected chi connectivity index (χ1v) is 13.6. The first-order valence-electron chi connectivity index (χ1n) is 13.6. The maximum atomic E-state index is 9.00. The van der Waals surface area contributed by atoms with Gasteiger partial charge in [0.15, 0.2) is 0 Å². The van der Waals surface area contributed by atoms with E-state index in [0.717, 1.165) is 51.4 Å². The van der Waals surface area contributed by atoms with E-state index in [4.69, 9.17) is 5.11 Å². The number of rotatable bonds is 14. The molecule has 0 heterocycles. The van der Waals surface area contributed by atoms with E-state index in [-0.39, 0.29) is 0 Å². The van der Waals surface area contributed by atoms with Gasteiger partial charge in [0.2, 0.25) is 0 Å². The molecule has 0 aliphatic rings. The van der Waals surface area contributed by atoms with Crippen LogP contribution in [0.2, 0.25) is 0 Å². The molecule has 0 fully saturated rings. The SMILES string of the molecule is CCCCc1ccc(CCc2ccc(-c3ccc(CCCCCO)cc3CC)c(CC)c2)cc1. The largest absolute Gasteiger partial charge is 0.396 e. The third-order valence-electron chi connectivity index (χ3n) is 7.06. The summed E-state index contributed by atoms with van der Waals surface area (Å²) in [5.41, 5.74) is 11.5. The van der Waals surface area contributed by atoms with Crippen molar-refractivity contribution in [1.29, 1.82) is 0 Å². The van der Waals surface area contributed by atoms with E-state index < -0.39 is 0 Å². The zero-order valence-electron chi connectivity index (χ0n) is 21.7. The molecule has 3 aromatic rings. The van der Waals surface area contributed by atoms with Gasteiger partial charge in [-0.3, -0.25) is 0 Å². The van der Waals surface area contributed by atoms with Gasteiger partial charge in [0.25, 0.3) is 0 Å². The molecule has 0 atom stereocenters. The normalized spacial score (nSPS) is 11.2. The van der Waals surface area contributed by atoms with E-state index in [0.29, 0.717) is 6.61 Å². The Balaban J connectivity index is 1.69. The number of hydrogen-bond donors (Lipinski definition) is 1. The van der Waals surface area contributed by atoms with Gasteiger partial charge in [-0.1, -0.05) is 94.3 Å². The van der Waals surface area contributed by atoms with Crippen LogP contribution in [0.5, 0.6) is 0 Å². The molecule has 34 heavy (non-hydrogen) atoms. The fraction of sp³-hybridized carbons (Fsp3) is 0.455. The van der Waals surface area contributed by atoms with Gasteiger partial charge < -0.3 is 5.11 Å². The molecular formula is C33H44O. The molecule has 0 aliphatic carbocycles. The van der Waals surface area contributed by atoms with Crippen LogP contribution < -0.4 is 0 Å². The number of benzene rings is 3. The summed E-state index contributed by atoms with van der Waals surface area (Å²) in [6.45, 7) is 7.10. The van der Waals surface area contributed by atoms with Crippen molar-refractivity contribution in [2.75, 3.05) is 6.61 Å². The van der Waals surface area contributed by atoms with Gasteiger partial charge in [0.1, 0.15) is 0 Å². The summed E-state index contributed by atoms with van der Waals surface area (Å²) >= 11 is 0. The van der Waals surface area contributed by atoms with Crippen molar-refractivity contribution in [2.45, 2.75) is 91.4 Å². The lowest BCUT2D eigenvalue weighted by Crippen LogP contribution is -1.98. The first kappa shape index (κ1) is 26.2. The zero-order chi connectivity index (χ0) is 24.2. The quantitative estimate of drug-likeness (QED) is 0.242. The molecule has 0 bridgehead atoms. The van der Waals surface area contributed by atoms with E-state index in [1.807, 2.05) is 0 Å². The van der Waals surface area contributed by atoms with E-state index in [1.54, 1.807) is 0 Å². The molecule has 3 rings (SSSR count). The minimum atomic E-state index is 0.306. The molecule has 182 valence electrons. The predicted octanol–water partition coefficient (Wildman–Crippen LogP) is 8.31. The van der Waals surface area contributed by atoms with Crippen molar-refractivity contribution in [3.05, 3.63) is 94.0 Å². The van der Waals surface area contributed by atoms with Gasteiger partial charge in [-0.15, -0.1) is 0 Å². The summed E-state index contributed by atoms with van der Waals surface area (Å²) in [6, 6.07) is 23.5. The third-order valence-corrected chi connectivity index (χ3v) is 7.06. The van der Waals surface area contributed by atoms with Crippen molar-refractivity contribution >= 4 is 0 Å². The van der Waals surface area contributed by atoms with Gasteiger partial charge in [-0.2, -0.15) is 0 Å². The molecule has 0 saturated carbocycles. The Kier molecular flexibility index (Phi) is 10.9. The Morgan fingerprint density at radius 1 is 0.500 bits per heavy atom. The Morgan fingerprint density at radius 2 is 0.971 bits per heavy atom. The van der Waals surface area contributed by atoms with Gasteiger partial charge >= 0.3 is 0 Å². The lowest BCUT2D eigenvalue weighted by atomic mass is 9.89. The van der Waals surface area contributed by atoms with Crippen molar-refractivity contribution in [3.8, 4) is 11.1 Å². The molecule has 0 amide bonds. The van der Waals surface area contributed by atoms with Gasteiger partial charge in [0, 0.05) is 6.61 Å². The van der Waals surface area contributed by atoms with Crippen LogP contribution in [-0.4, -0.2) is 11.7 Å². The molecular weight excluding hydrogens is 412 g/mol. The smallest absolute Gasteiger partial charge is 0.0431 e. The Morgan fingerprint density at radius 3 is 1.50 bits per heavy atom. The van der Waals surface area contributed by atoms with Crippen LogP contribution in [-0.2, 0) is 38.5 Å². The van der Waals surface area contributed by atoms with E-state index >= 15 is 0 Å². The lowest BCUT2D eigenvalue weighted by molar-refractivity contribution is 0.283. The van der Waals surface area contributed by atoms with E-state index in [1.165, 1.54) is 63.8 Å². The molecule has 0 saturated heterocycles. The zero-order valence-corrected chi connectivity index (χ0v) is 21.7. The highest BCUT2D eigenvalue weighted by atomic mass is 16.2. The summed E-state index contributed by atoms with van der Waals surface area (Å²) in [5.74, 6) is 0. The minimum Gasteiger partial charge on any atom is -0.396 e. The average molecular weight is 457 g/mol. The third kappa shape index (κ3) is 7.57. The minimum absolute atomic E-state index is 0.306. The number of unbranched alkanes of at least 4 members (excludes halogenated alkanes) is 3. The fourth-order valence-corrected chi connectivity index (χ4v) is 4.88. The number of aliphatic hydroxyl groups is 1. The standard InChI is InChI=1S/C33H44O/c1-4-7-11-26-13-15-27(16-14-26)17-18-29-20-22-33(31(6-3)25-29)32-21-19-28(24-30(32)5-2)12-9-8-10-23-34/h13-16,19-22,24-25,34H,4-12,17-18,23H2,1-3H3. The number of aryl methyl sites for hydroxylation is 6. The maximum absolute atomic E-state index is 9.00. The van der Waals surface area contributed by atoms with Crippen molar-refractivity contribution in [1.82, 2.24) is 0 Å². The van der Waals surface area contributed by atoms with Crippen LogP contribution in [0.4, 0.5) is 0 Å². The van der Waals surface area contributed by atoms with Gasteiger partial charge in [-0.25, -0.2) is 0 Å². The number of hydrogen-bond acceptors (Lipinski definition) is 1. The summed E-state index contributed by atoms with van der Waals surface area (Å²) in [6.07, 6.45) is 12.3. The molecule has 0 spiro atoms. The van der Waals surface area contributed by atoms with Gasteiger partial charge in [-0.05, 0) is 102 Å². The molecule has 0 radical (unpaired) electrons. The maximum Gasteiger partial charge on any atom is 0.0431 e. The second-order valence-electron chi connectivity index (χ2n) is 9.64.